The Labute approximate surface area is 119 Å². The standard InChI is InChI=1S/C13H14F3N3O2/c1-21-12(20)19-11-17-7-6-10(18-11)8-2-4-9(5-3-8)13(14,15)16/h2-5,10H,6-7H2,1H3,(H2,17,18,19,20). The van der Waals surface area contributed by atoms with Crippen LogP contribution in [-0.4, -0.2) is 25.7 Å². The monoisotopic (exact) mass is 301 g/mol. The normalized spacial score (nSPS) is 18.5. The molecule has 1 aromatic carbocycles. The Kier molecular flexibility index (Phi) is 4.35. The first-order valence-electron chi connectivity index (χ1n) is 6.24. The van der Waals surface area contributed by atoms with Gasteiger partial charge in [0.1, 0.15) is 0 Å². The van der Waals surface area contributed by atoms with Crippen LogP contribution in [0.3, 0.4) is 0 Å². The molecule has 0 radical (unpaired) electrons. The minimum Gasteiger partial charge on any atom is -0.453 e. The van der Waals surface area contributed by atoms with E-state index in [2.05, 4.69) is 20.4 Å². The van der Waals surface area contributed by atoms with Crippen molar-refractivity contribution < 1.29 is 22.7 Å². The quantitative estimate of drug-likeness (QED) is 0.837. The number of ether oxygens (including phenoxy) is 1. The Morgan fingerprint density at radius 1 is 1.38 bits per heavy atom. The molecule has 21 heavy (non-hydrogen) atoms. The number of nitrogens with one attached hydrogen (secondary N) is 2. The predicted octanol–water partition coefficient (Wildman–Crippen LogP) is 2.45. The summed E-state index contributed by atoms with van der Waals surface area (Å²) in [5, 5.41) is 5.28. The molecule has 0 aliphatic carbocycles. The van der Waals surface area contributed by atoms with Gasteiger partial charge in [-0.05, 0) is 24.1 Å². The van der Waals surface area contributed by atoms with Crippen molar-refractivity contribution in [1.82, 2.24) is 10.6 Å². The highest BCUT2D eigenvalue weighted by atomic mass is 19.4. The molecular weight excluding hydrogens is 287 g/mol. The van der Waals surface area contributed by atoms with Gasteiger partial charge in [-0.25, -0.2) is 9.79 Å². The summed E-state index contributed by atoms with van der Waals surface area (Å²) in [4.78, 5) is 15.3. The third kappa shape index (κ3) is 3.87. The minimum atomic E-state index is -4.35. The molecule has 0 spiro atoms. The second kappa shape index (κ2) is 6.02. The highest BCUT2D eigenvalue weighted by Crippen LogP contribution is 2.31. The first-order valence-corrected chi connectivity index (χ1v) is 6.24. The molecule has 5 nitrogen and oxygen atoms in total. The fourth-order valence-corrected chi connectivity index (χ4v) is 1.95. The van der Waals surface area contributed by atoms with Crippen molar-refractivity contribution >= 4 is 12.1 Å². The number of alkyl halides is 3. The zero-order valence-electron chi connectivity index (χ0n) is 11.2. The van der Waals surface area contributed by atoms with E-state index in [1.54, 1.807) is 0 Å². The van der Waals surface area contributed by atoms with Crippen LogP contribution in [0.25, 0.3) is 0 Å². The molecule has 8 heteroatoms. The van der Waals surface area contributed by atoms with E-state index in [1.807, 2.05) is 0 Å². The number of amides is 1. The van der Waals surface area contributed by atoms with Crippen molar-refractivity contribution in [2.75, 3.05) is 13.7 Å². The fourth-order valence-electron chi connectivity index (χ4n) is 1.95. The number of aliphatic imine (C=N–C) groups is 1. The lowest BCUT2D eigenvalue weighted by molar-refractivity contribution is -0.137. The van der Waals surface area contributed by atoms with E-state index in [-0.39, 0.29) is 12.0 Å². The zero-order valence-corrected chi connectivity index (χ0v) is 11.2. The maximum Gasteiger partial charge on any atom is 0.416 e. The molecule has 1 atom stereocenters. The van der Waals surface area contributed by atoms with E-state index < -0.39 is 17.8 Å². The molecule has 0 fully saturated rings. The molecule has 0 aromatic heterocycles. The molecule has 2 N–H and O–H groups in total. The highest BCUT2D eigenvalue weighted by molar-refractivity contribution is 5.94. The zero-order chi connectivity index (χ0) is 15.5. The lowest BCUT2D eigenvalue weighted by Crippen LogP contribution is -2.44. The molecule has 1 heterocycles. The minimum absolute atomic E-state index is 0.248. The molecule has 1 unspecified atom stereocenters. The van der Waals surface area contributed by atoms with Crippen LogP contribution in [0.5, 0.6) is 0 Å². The highest BCUT2D eigenvalue weighted by Gasteiger charge is 2.30. The predicted molar refractivity (Wildman–Crippen MR) is 69.8 cm³/mol. The van der Waals surface area contributed by atoms with E-state index >= 15 is 0 Å². The van der Waals surface area contributed by atoms with Crippen molar-refractivity contribution in [3.63, 3.8) is 0 Å². The van der Waals surface area contributed by atoms with Gasteiger partial charge in [0.2, 0.25) is 5.96 Å². The van der Waals surface area contributed by atoms with Crippen molar-refractivity contribution in [3.8, 4) is 0 Å². The average molecular weight is 301 g/mol. The number of guanidine groups is 1. The number of carbonyl (C=O) groups is 1. The summed E-state index contributed by atoms with van der Waals surface area (Å²) in [6, 6.07) is 4.55. The fraction of sp³-hybridized carbons (Fsp3) is 0.385. The molecule has 1 aliphatic heterocycles. The van der Waals surface area contributed by atoms with Crippen molar-refractivity contribution in [2.45, 2.75) is 18.6 Å². The van der Waals surface area contributed by atoms with Crippen LogP contribution in [0, 0.1) is 0 Å². The Morgan fingerprint density at radius 2 is 2.05 bits per heavy atom. The van der Waals surface area contributed by atoms with Crippen molar-refractivity contribution in [2.24, 2.45) is 4.99 Å². The average Bonchev–Trinajstić information content (AvgIpc) is 2.46. The van der Waals surface area contributed by atoms with Crippen LogP contribution in [0.2, 0.25) is 0 Å². The van der Waals surface area contributed by atoms with Gasteiger partial charge in [-0.3, -0.25) is 5.32 Å². The SMILES string of the molecule is COC(=O)NC1=NC(c2ccc(C(F)(F)F)cc2)CCN1. The van der Waals surface area contributed by atoms with E-state index in [9.17, 15) is 18.0 Å². The van der Waals surface area contributed by atoms with Gasteiger partial charge in [0.15, 0.2) is 0 Å². The van der Waals surface area contributed by atoms with Crippen LogP contribution >= 0.6 is 0 Å². The number of benzene rings is 1. The molecule has 1 aromatic rings. The summed E-state index contributed by atoms with van der Waals surface area (Å²) >= 11 is 0. The summed E-state index contributed by atoms with van der Waals surface area (Å²) in [5.74, 6) is 0.248. The van der Waals surface area contributed by atoms with E-state index in [4.69, 9.17) is 0 Å². The number of methoxy groups -OCH3 is 1. The summed E-state index contributed by atoms with van der Waals surface area (Å²) in [6.07, 6.45) is -4.39. The largest absolute Gasteiger partial charge is 0.453 e. The smallest absolute Gasteiger partial charge is 0.416 e. The summed E-state index contributed by atoms with van der Waals surface area (Å²) in [7, 11) is 1.23. The maximum atomic E-state index is 12.5. The van der Waals surface area contributed by atoms with Gasteiger partial charge in [-0.2, -0.15) is 13.2 Å². The van der Waals surface area contributed by atoms with Gasteiger partial charge in [-0.1, -0.05) is 12.1 Å². The van der Waals surface area contributed by atoms with E-state index in [1.165, 1.54) is 19.2 Å². The van der Waals surface area contributed by atoms with Crippen LogP contribution in [0.1, 0.15) is 23.6 Å². The molecule has 0 saturated heterocycles. The number of halogens is 3. The van der Waals surface area contributed by atoms with Crippen LogP contribution < -0.4 is 10.6 Å². The Bertz CT molecular complexity index is 541. The Hall–Kier alpha value is -2.25. The van der Waals surface area contributed by atoms with Crippen LogP contribution in [0.15, 0.2) is 29.3 Å². The first kappa shape index (κ1) is 15.1. The third-order valence-corrected chi connectivity index (χ3v) is 3.02. The van der Waals surface area contributed by atoms with E-state index in [0.717, 1.165) is 12.1 Å². The van der Waals surface area contributed by atoms with Crippen molar-refractivity contribution in [1.29, 1.82) is 0 Å². The lowest BCUT2D eigenvalue weighted by Gasteiger charge is -2.22. The summed E-state index contributed by atoms with van der Waals surface area (Å²) < 4.78 is 42.0. The number of hydrogen-bond acceptors (Lipinski definition) is 4. The van der Waals surface area contributed by atoms with Crippen molar-refractivity contribution in [3.05, 3.63) is 35.4 Å². The van der Waals surface area contributed by atoms with Gasteiger partial charge in [0, 0.05) is 6.54 Å². The van der Waals surface area contributed by atoms with Gasteiger partial charge < -0.3 is 10.1 Å². The number of carbonyl (C=O) groups excluding carboxylic acids is 1. The number of nitrogens with zero attached hydrogens (tertiary/aromatic N) is 1. The van der Waals surface area contributed by atoms with E-state index in [0.29, 0.717) is 18.5 Å². The molecular formula is C13H14F3N3O2. The number of alkyl carbamates (subject to hydrolysis) is 1. The van der Waals surface area contributed by atoms with Crippen LogP contribution in [-0.2, 0) is 10.9 Å². The molecule has 1 aliphatic rings. The van der Waals surface area contributed by atoms with Gasteiger partial charge >= 0.3 is 12.3 Å². The van der Waals surface area contributed by atoms with Gasteiger partial charge in [-0.15, -0.1) is 0 Å². The third-order valence-electron chi connectivity index (χ3n) is 3.02. The van der Waals surface area contributed by atoms with Crippen LogP contribution in [0.4, 0.5) is 18.0 Å². The Balaban J connectivity index is 2.14. The Morgan fingerprint density at radius 3 is 2.62 bits per heavy atom. The van der Waals surface area contributed by atoms with Gasteiger partial charge in [0.25, 0.3) is 0 Å². The summed E-state index contributed by atoms with van der Waals surface area (Å²) in [5.41, 5.74) is -0.0364. The second-order valence-electron chi connectivity index (χ2n) is 4.45. The second-order valence-corrected chi connectivity index (χ2v) is 4.45. The molecule has 2 rings (SSSR count). The number of rotatable bonds is 1. The molecule has 0 saturated carbocycles. The molecule has 1 amide bonds. The first-order chi connectivity index (χ1) is 9.90. The maximum absolute atomic E-state index is 12.5. The topological polar surface area (TPSA) is 62.7 Å². The lowest BCUT2D eigenvalue weighted by atomic mass is 10.0. The number of hydrogen-bond donors (Lipinski definition) is 2. The van der Waals surface area contributed by atoms with Gasteiger partial charge in [0.05, 0.1) is 18.7 Å². The molecule has 114 valence electrons. The molecule has 0 bridgehead atoms. The summed E-state index contributed by atoms with van der Waals surface area (Å²) in [6.45, 7) is 0.550.